The van der Waals surface area contributed by atoms with Gasteiger partial charge in [-0.1, -0.05) is 5.16 Å². The van der Waals surface area contributed by atoms with Crippen molar-refractivity contribution in [1.82, 2.24) is 9.80 Å². The van der Waals surface area contributed by atoms with Gasteiger partial charge in [-0.25, -0.2) is 0 Å². The maximum absolute atomic E-state index is 8.52. The maximum Gasteiger partial charge on any atom is 0.153 e. The predicted octanol–water partition coefficient (Wildman–Crippen LogP) is -0.471. The Labute approximate surface area is 102 Å². The van der Waals surface area contributed by atoms with Gasteiger partial charge in [-0.15, -0.1) is 0 Å². The number of nitrogens with zero attached hydrogens (tertiary/aromatic N) is 3. The molecule has 2 saturated heterocycles. The molecule has 2 rings (SSSR count). The van der Waals surface area contributed by atoms with Crippen LogP contribution in [-0.4, -0.2) is 72.8 Å². The Morgan fingerprint density at radius 1 is 1.29 bits per heavy atom. The molecule has 1 atom stereocenters. The first-order chi connectivity index (χ1) is 8.28. The Hall–Kier alpha value is -0.850. The van der Waals surface area contributed by atoms with Gasteiger partial charge in [0, 0.05) is 39.3 Å². The van der Waals surface area contributed by atoms with Gasteiger partial charge in [-0.05, 0) is 12.8 Å². The van der Waals surface area contributed by atoms with Gasteiger partial charge in [-0.2, -0.15) is 0 Å². The number of oxime groups is 1. The Balaban J connectivity index is 1.66. The van der Waals surface area contributed by atoms with E-state index in [9.17, 15) is 0 Å². The highest BCUT2D eigenvalue weighted by Gasteiger charge is 2.22. The minimum Gasteiger partial charge on any atom is -0.409 e. The summed E-state index contributed by atoms with van der Waals surface area (Å²) in [6.07, 6.45) is 2.84. The smallest absolute Gasteiger partial charge is 0.153 e. The van der Waals surface area contributed by atoms with Gasteiger partial charge in [0.2, 0.25) is 0 Å². The van der Waals surface area contributed by atoms with Crippen LogP contribution in [0.1, 0.15) is 12.8 Å². The van der Waals surface area contributed by atoms with E-state index in [1.54, 1.807) is 0 Å². The minimum absolute atomic E-state index is 0.289. The van der Waals surface area contributed by atoms with Crippen molar-refractivity contribution in [3.05, 3.63) is 0 Å². The summed E-state index contributed by atoms with van der Waals surface area (Å²) >= 11 is 0. The fourth-order valence-electron chi connectivity index (χ4n) is 2.47. The van der Waals surface area contributed by atoms with Crippen molar-refractivity contribution in [1.29, 1.82) is 0 Å². The van der Waals surface area contributed by atoms with Crippen LogP contribution >= 0.6 is 0 Å². The molecule has 2 aliphatic heterocycles. The van der Waals surface area contributed by atoms with Crippen molar-refractivity contribution in [2.45, 2.75) is 18.9 Å². The fraction of sp³-hybridized carbons (Fsp3) is 0.909. The number of nitrogens with two attached hydrogens (primary N) is 1. The van der Waals surface area contributed by atoms with Crippen LogP contribution in [0.3, 0.4) is 0 Å². The molecule has 2 aliphatic rings. The first kappa shape index (κ1) is 12.6. The van der Waals surface area contributed by atoms with Gasteiger partial charge in [0.05, 0.1) is 12.6 Å². The van der Waals surface area contributed by atoms with Crippen molar-refractivity contribution in [2.24, 2.45) is 10.9 Å². The van der Waals surface area contributed by atoms with E-state index in [1.807, 2.05) is 0 Å². The number of rotatable bonds is 4. The molecule has 2 heterocycles. The van der Waals surface area contributed by atoms with Crippen LogP contribution in [0.2, 0.25) is 0 Å². The number of hydrogen-bond donors (Lipinski definition) is 2. The Bertz CT molecular complexity index is 258. The van der Waals surface area contributed by atoms with E-state index >= 15 is 0 Å². The molecule has 0 aromatic rings. The molecule has 0 spiro atoms. The summed E-state index contributed by atoms with van der Waals surface area (Å²) in [7, 11) is 0. The molecule has 0 bridgehead atoms. The molecule has 0 aromatic carbocycles. The molecule has 98 valence electrons. The Kier molecular flexibility index (Phi) is 4.58. The third kappa shape index (κ3) is 3.83. The third-order valence-electron chi connectivity index (χ3n) is 3.46. The van der Waals surface area contributed by atoms with Crippen LogP contribution < -0.4 is 5.73 Å². The van der Waals surface area contributed by atoms with Crippen LogP contribution in [0.5, 0.6) is 0 Å². The quantitative estimate of drug-likeness (QED) is 0.302. The lowest BCUT2D eigenvalue weighted by atomic mass is 10.2. The lowest BCUT2D eigenvalue weighted by Crippen LogP contribution is -2.50. The van der Waals surface area contributed by atoms with Gasteiger partial charge in [-0.3, -0.25) is 9.80 Å². The highest BCUT2D eigenvalue weighted by Crippen LogP contribution is 2.14. The summed E-state index contributed by atoms with van der Waals surface area (Å²) in [5, 5.41) is 11.5. The molecule has 6 nitrogen and oxygen atoms in total. The summed E-state index contributed by atoms with van der Waals surface area (Å²) in [5.74, 6) is 0.289. The van der Waals surface area contributed by atoms with E-state index in [4.69, 9.17) is 15.7 Å². The molecule has 3 N–H and O–H groups in total. The summed E-state index contributed by atoms with van der Waals surface area (Å²) < 4.78 is 5.64. The van der Waals surface area contributed by atoms with Gasteiger partial charge in [0.25, 0.3) is 0 Å². The topological polar surface area (TPSA) is 74.3 Å². The first-order valence-electron chi connectivity index (χ1n) is 6.30. The van der Waals surface area contributed by atoms with Crippen LogP contribution in [0.25, 0.3) is 0 Å². The van der Waals surface area contributed by atoms with E-state index < -0.39 is 0 Å². The van der Waals surface area contributed by atoms with Crippen LogP contribution in [0.15, 0.2) is 5.16 Å². The molecule has 2 fully saturated rings. The standard InChI is InChI=1S/C11H22N4O2/c12-11(13-16)9-15-5-3-14(4-6-15)8-10-2-1-7-17-10/h10,16H,1-9H2,(H2,12,13)/t10-/m0/s1. The monoisotopic (exact) mass is 242 g/mol. The summed E-state index contributed by atoms with van der Waals surface area (Å²) in [6.45, 7) is 6.57. The van der Waals surface area contributed by atoms with E-state index in [1.165, 1.54) is 12.8 Å². The Morgan fingerprint density at radius 2 is 2.00 bits per heavy atom. The minimum atomic E-state index is 0.289. The average molecular weight is 242 g/mol. The lowest BCUT2D eigenvalue weighted by molar-refractivity contribution is 0.0531. The van der Waals surface area contributed by atoms with E-state index in [0.717, 1.165) is 39.3 Å². The van der Waals surface area contributed by atoms with Gasteiger partial charge >= 0.3 is 0 Å². The largest absolute Gasteiger partial charge is 0.409 e. The number of piperazine rings is 1. The highest BCUT2D eigenvalue weighted by atomic mass is 16.5. The summed E-state index contributed by atoms with van der Waals surface area (Å²) in [4.78, 5) is 4.65. The second-order valence-corrected chi connectivity index (χ2v) is 4.80. The van der Waals surface area contributed by atoms with Crippen molar-refractivity contribution < 1.29 is 9.94 Å². The first-order valence-corrected chi connectivity index (χ1v) is 6.30. The molecule has 17 heavy (non-hydrogen) atoms. The third-order valence-corrected chi connectivity index (χ3v) is 3.46. The van der Waals surface area contributed by atoms with Gasteiger partial charge < -0.3 is 15.7 Å². The van der Waals surface area contributed by atoms with E-state index in [2.05, 4.69) is 15.0 Å². The number of ether oxygens (including phenoxy) is 1. The van der Waals surface area contributed by atoms with E-state index in [-0.39, 0.29) is 5.84 Å². The second kappa shape index (κ2) is 6.18. The van der Waals surface area contributed by atoms with Crippen molar-refractivity contribution in [3.63, 3.8) is 0 Å². The molecule has 0 unspecified atom stereocenters. The molecule has 0 amide bonds. The zero-order chi connectivity index (χ0) is 12.1. The van der Waals surface area contributed by atoms with Crippen LogP contribution in [0.4, 0.5) is 0 Å². The molecular weight excluding hydrogens is 220 g/mol. The molecule has 0 aliphatic carbocycles. The number of hydrogen-bond acceptors (Lipinski definition) is 5. The van der Waals surface area contributed by atoms with Crippen molar-refractivity contribution >= 4 is 5.84 Å². The lowest BCUT2D eigenvalue weighted by Gasteiger charge is -2.35. The van der Waals surface area contributed by atoms with E-state index in [0.29, 0.717) is 12.6 Å². The predicted molar refractivity (Wildman–Crippen MR) is 65.3 cm³/mol. The fourth-order valence-corrected chi connectivity index (χ4v) is 2.47. The normalized spacial score (nSPS) is 28.7. The molecular formula is C11H22N4O2. The second-order valence-electron chi connectivity index (χ2n) is 4.80. The molecule has 6 heteroatoms. The van der Waals surface area contributed by atoms with Gasteiger partial charge in [0.15, 0.2) is 5.84 Å². The van der Waals surface area contributed by atoms with Crippen LogP contribution in [-0.2, 0) is 4.74 Å². The highest BCUT2D eigenvalue weighted by molar-refractivity contribution is 5.81. The number of amidine groups is 1. The molecule has 0 saturated carbocycles. The Morgan fingerprint density at radius 3 is 2.59 bits per heavy atom. The van der Waals surface area contributed by atoms with Crippen molar-refractivity contribution in [2.75, 3.05) is 45.9 Å². The zero-order valence-corrected chi connectivity index (χ0v) is 10.2. The van der Waals surface area contributed by atoms with Crippen LogP contribution in [0, 0.1) is 0 Å². The SMILES string of the molecule is N/C(CN1CCN(C[C@@H]2CCCO2)CC1)=N/O. The summed E-state index contributed by atoms with van der Waals surface area (Å²) in [5.41, 5.74) is 5.50. The zero-order valence-electron chi connectivity index (χ0n) is 10.2. The summed E-state index contributed by atoms with van der Waals surface area (Å²) in [6, 6.07) is 0. The molecule has 0 aromatic heterocycles. The maximum atomic E-state index is 8.52. The average Bonchev–Trinajstić information content (AvgIpc) is 2.84. The van der Waals surface area contributed by atoms with Crippen molar-refractivity contribution in [3.8, 4) is 0 Å². The molecule has 0 radical (unpaired) electrons. The van der Waals surface area contributed by atoms with Gasteiger partial charge in [0.1, 0.15) is 0 Å².